The fourth-order valence-corrected chi connectivity index (χ4v) is 3.92. The van der Waals surface area contributed by atoms with Gasteiger partial charge in [-0.05, 0) is 42.7 Å². The Balaban J connectivity index is 1.55. The molecule has 0 bridgehead atoms. The summed E-state index contributed by atoms with van der Waals surface area (Å²) in [6.07, 6.45) is 3.50. The van der Waals surface area contributed by atoms with Crippen molar-refractivity contribution in [3.63, 3.8) is 0 Å². The minimum Gasteiger partial charge on any atom is -0.373 e. The van der Waals surface area contributed by atoms with Gasteiger partial charge in [-0.25, -0.2) is 14.4 Å². The summed E-state index contributed by atoms with van der Waals surface area (Å²) in [7, 11) is 0. The second kappa shape index (κ2) is 9.40. The van der Waals surface area contributed by atoms with Gasteiger partial charge < -0.3 is 14.6 Å². The van der Waals surface area contributed by atoms with Crippen molar-refractivity contribution in [1.82, 2.24) is 19.9 Å². The molecule has 0 radical (unpaired) electrons. The third-order valence-electron chi connectivity index (χ3n) is 5.69. The van der Waals surface area contributed by atoms with Gasteiger partial charge in [0.2, 0.25) is 0 Å². The van der Waals surface area contributed by atoms with Crippen LogP contribution in [0.5, 0.6) is 0 Å². The highest BCUT2D eigenvalue weighted by atomic mass is 19.1. The third-order valence-corrected chi connectivity index (χ3v) is 5.69. The van der Waals surface area contributed by atoms with Gasteiger partial charge in [0.05, 0.1) is 36.2 Å². The lowest BCUT2D eigenvalue weighted by molar-refractivity contribution is 0.0781. The highest BCUT2D eigenvalue weighted by molar-refractivity contribution is 6.01. The van der Waals surface area contributed by atoms with Crippen LogP contribution in [-0.4, -0.2) is 32.8 Å². The molecule has 0 saturated heterocycles. The zero-order chi connectivity index (χ0) is 22.7. The number of ketones is 1. The number of carbonyl (C=O) groups is 2. The third kappa shape index (κ3) is 4.60. The van der Waals surface area contributed by atoms with E-state index in [1.54, 1.807) is 36.7 Å². The summed E-state index contributed by atoms with van der Waals surface area (Å²) in [5.41, 5.74) is 2.49. The smallest absolute Gasteiger partial charge is 0.253 e. The van der Waals surface area contributed by atoms with Crippen LogP contribution < -0.4 is 5.32 Å². The van der Waals surface area contributed by atoms with Crippen molar-refractivity contribution < 1.29 is 18.7 Å². The maximum absolute atomic E-state index is 13.2. The Bertz CT molecular complexity index is 1110. The number of hydrogen-bond donors (Lipinski definition) is 1. The number of nitrogens with one attached hydrogen (secondary N) is 1. The molecule has 7 nitrogen and oxygen atoms in total. The number of amides is 1. The van der Waals surface area contributed by atoms with E-state index < -0.39 is 0 Å². The summed E-state index contributed by atoms with van der Waals surface area (Å²) in [5.74, 6) is -0.247. The first-order chi connectivity index (χ1) is 15.4. The molecule has 1 aromatic carbocycles. The zero-order valence-corrected chi connectivity index (χ0v) is 18.0. The van der Waals surface area contributed by atoms with Gasteiger partial charge in [-0.2, -0.15) is 0 Å². The van der Waals surface area contributed by atoms with Crippen LogP contribution in [0.2, 0.25) is 0 Å². The largest absolute Gasteiger partial charge is 0.373 e. The summed E-state index contributed by atoms with van der Waals surface area (Å²) >= 11 is 0. The molecule has 2 atom stereocenters. The summed E-state index contributed by atoms with van der Waals surface area (Å²) in [6.45, 7) is 4.99. The molecule has 1 amide bonds. The van der Waals surface area contributed by atoms with Crippen molar-refractivity contribution in [2.75, 3.05) is 6.61 Å². The normalized spacial score (nSPS) is 15.0. The molecule has 2 aromatic heterocycles. The van der Waals surface area contributed by atoms with Crippen molar-refractivity contribution in [2.45, 2.75) is 45.4 Å². The predicted molar refractivity (Wildman–Crippen MR) is 116 cm³/mol. The Kier molecular flexibility index (Phi) is 6.41. The van der Waals surface area contributed by atoms with Crippen LogP contribution in [0.4, 0.5) is 4.39 Å². The lowest BCUT2D eigenvalue weighted by Gasteiger charge is -2.20. The standard InChI is InChI=1S/C24H25FN4O3/c1-15(17-4-6-18(25)7-5-17)12-22(30)20-13-19(21-14-32-11-10-29(20)21)24(31)28-16(2)23-26-8-3-9-27-23/h3-9,13,15-16H,10-12,14H2,1-2H3,(H,28,31)/t15-,16+/m0/s1. The molecule has 1 aliphatic heterocycles. The van der Waals surface area contributed by atoms with Crippen molar-refractivity contribution in [3.05, 3.63) is 82.9 Å². The van der Waals surface area contributed by atoms with Crippen LogP contribution in [0.3, 0.4) is 0 Å². The summed E-state index contributed by atoms with van der Waals surface area (Å²) in [6, 6.07) is 9.16. The van der Waals surface area contributed by atoms with E-state index in [9.17, 15) is 14.0 Å². The topological polar surface area (TPSA) is 86.1 Å². The van der Waals surface area contributed by atoms with E-state index in [0.29, 0.717) is 35.9 Å². The number of nitrogens with zero attached hydrogens (tertiary/aromatic N) is 3. The van der Waals surface area contributed by atoms with Crippen LogP contribution in [0, 0.1) is 5.82 Å². The van der Waals surface area contributed by atoms with Gasteiger partial charge in [-0.15, -0.1) is 0 Å². The minimum atomic E-state index is -0.388. The SMILES string of the molecule is C[C@@H](CC(=O)c1cc(C(=O)N[C@H](C)c2ncccn2)c2n1CCOC2)c1ccc(F)cc1. The monoisotopic (exact) mass is 436 g/mol. The average Bonchev–Trinajstić information content (AvgIpc) is 3.20. The molecule has 166 valence electrons. The number of halogens is 1. The fourth-order valence-electron chi connectivity index (χ4n) is 3.92. The Labute approximate surface area is 185 Å². The molecule has 1 N–H and O–H groups in total. The zero-order valence-electron chi connectivity index (χ0n) is 18.0. The van der Waals surface area contributed by atoms with Gasteiger partial charge in [0.15, 0.2) is 5.78 Å². The fraction of sp³-hybridized carbons (Fsp3) is 0.333. The van der Waals surface area contributed by atoms with E-state index in [1.165, 1.54) is 12.1 Å². The number of fused-ring (bicyclic) bond motifs is 1. The van der Waals surface area contributed by atoms with Gasteiger partial charge in [-0.1, -0.05) is 19.1 Å². The first-order valence-electron chi connectivity index (χ1n) is 10.6. The summed E-state index contributed by atoms with van der Waals surface area (Å²) < 4.78 is 20.7. The number of carbonyl (C=O) groups excluding carboxylic acids is 2. The number of aromatic nitrogens is 3. The van der Waals surface area contributed by atoms with Crippen molar-refractivity contribution >= 4 is 11.7 Å². The van der Waals surface area contributed by atoms with Crippen molar-refractivity contribution in [1.29, 1.82) is 0 Å². The van der Waals surface area contributed by atoms with E-state index in [1.807, 2.05) is 18.4 Å². The Morgan fingerprint density at radius 2 is 1.91 bits per heavy atom. The number of hydrogen-bond acceptors (Lipinski definition) is 5. The second-order valence-electron chi connectivity index (χ2n) is 7.98. The average molecular weight is 436 g/mol. The molecular weight excluding hydrogens is 411 g/mol. The Morgan fingerprint density at radius 1 is 1.19 bits per heavy atom. The lowest BCUT2D eigenvalue weighted by Crippen LogP contribution is -2.29. The molecule has 0 aliphatic carbocycles. The Morgan fingerprint density at radius 3 is 2.62 bits per heavy atom. The molecule has 0 unspecified atom stereocenters. The molecule has 0 fully saturated rings. The summed E-state index contributed by atoms with van der Waals surface area (Å²) in [4.78, 5) is 34.5. The number of Topliss-reactive ketones (excluding diaryl/α,β-unsaturated/α-hetero) is 1. The molecule has 0 saturated carbocycles. The van der Waals surface area contributed by atoms with Gasteiger partial charge >= 0.3 is 0 Å². The molecule has 3 aromatic rings. The van der Waals surface area contributed by atoms with E-state index in [4.69, 9.17) is 4.74 Å². The quantitative estimate of drug-likeness (QED) is 0.569. The van der Waals surface area contributed by atoms with Crippen LogP contribution >= 0.6 is 0 Å². The predicted octanol–water partition coefficient (Wildman–Crippen LogP) is 3.81. The van der Waals surface area contributed by atoms with Crippen LogP contribution in [0.15, 0.2) is 48.8 Å². The molecule has 0 spiro atoms. The van der Waals surface area contributed by atoms with Gasteiger partial charge in [-0.3, -0.25) is 9.59 Å². The molecule has 8 heteroatoms. The summed E-state index contributed by atoms with van der Waals surface area (Å²) in [5, 5.41) is 2.91. The highest BCUT2D eigenvalue weighted by Gasteiger charge is 2.27. The second-order valence-corrected chi connectivity index (χ2v) is 7.98. The van der Waals surface area contributed by atoms with E-state index in [-0.39, 0.29) is 42.5 Å². The first kappa shape index (κ1) is 21.8. The van der Waals surface area contributed by atoms with Crippen molar-refractivity contribution in [3.8, 4) is 0 Å². The van der Waals surface area contributed by atoms with E-state index >= 15 is 0 Å². The number of ether oxygens (including phenoxy) is 1. The Hall–Kier alpha value is -3.39. The molecule has 1 aliphatic rings. The lowest BCUT2D eigenvalue weighted by atomic mass is 9.94. The molecule has 3 heterocycles. The first-order valence-corrected chi connectivity index (χ1v) is 10.6. The van der Waals surface area contributed by atoms with Crippen molar-refractivity contribution in [2.24, 2.45) is 0 Å². The van der Waals surface area contributed by atoms with Gasteiger partial charge in [0.25, 0.3) is 5.91 Å². The number of rotatable bonds is 7. The molecular formula is C24H25FN4O3. The minimum absolute atomic E-state index is 0.0662. The van der Waals surface area contributed by atoms with Crippen LogP contribution in [0.25, 0.3) is 0 Å². The van der Waals surface area contributed by atoms with Crippen LogP contribution in [-0.2, 0) is 17.9 Å². The van der Waals surface area contributed by atoms with E-state index in [0.717, 1.165) is 5.56 Å². The van der Waals surface area contributed by atoms with E-state index in [2.05, 4.69) is 15.3 Å². The van der Waals surface area contributed by atoms with Gasteiger partial charge in [0.1, 0.15) is 11.6 Å². The van der Waals surface area contributed by atoms with Crippen LogP contribution in [0.1, 0.15) is 70.2 Å². The number of benzene rings is 1. The van der Waals surface area contributed by atoms with Gasteiger partial charge in [0, 0.05) is 25.4 Å². The maximum Gasteiger partial charge on any atom is 0.253 e. The molecule has 4 rings (SSSR count). The maximum atomic E-state index is 13.2. The molecule has 32 heavy (non-hydrogen) atoms. The highest BCUT2D eigenvalue weighted by Crippen LogP contribution is 2.26.